The minimum atomic E-state index is -0.389. The van der Waals surface area contributed by atoms with Crippen molar-refractivity contribution < 1.29 is 9.59 Å². The maximum Gasteiger partial charge on any atom is 0.320 e. The van der Waals surface area contributed by atoms with Crippen molar-refractivity contribution in [3.63, 3.8) is 0 Å². The fourth-order valence-electron chi connectivity index (χ4n) is 2.84. The standard InChI is InChI=1S/C12H21N3O2/c1-9-4-2-6-14(8-9)12(17)15-7-3-5-10(15)11(13)16/h9-10H,2-8H2,1H3,(H2,13,16). The number of nitrogens with two attached hydrogens (primary N) is 1. The first-order chi connectivity index (χ1) is 8.09. The first-order valence-corrected chi connectivity index (χ1v) is 6.44. The van der Waals surface area contributed by atoms with Crippen LogP contribution >= 0.6 is 0 Å². The van der Waals surface area contributed by atoms with E-state index in [0.29, 0.717) is 18.9 Å². The first-order valence-electron chi connectivity index (χ1n) is 6.44. The van der Waals surface area contributed by atoms with Gasteiger partial charge in [-0.05, 0) is 31.6 Å². The van der Waals surface area contributed by atoms with Gasteiger partial charge in [0.1, 0.15) is 6.04 Å². The van der Waals surface area contributed by atoms with Gasteiger partial charge in [0.05, 0.1) is 0 Å². The van der Waals surface area contributed by atoms with E-state index in [1.807, 2.05) is 4.90 Å². The van der Waals surface area contributed by atoms with Crippen LogP contribution in [0.2, 0.25) is 0 Å². The zero-order chi connectivity index (χ0) is 12.4. The molecule has 2 aliphatic rings. The highest BCUT2D eigenvalue weighted by molar-refractivity contribution is 5.86. The molecule has 2 heterocycles. The van der Waals surface area contributed by atoms with Crippen LogP contribution < -0.4 is 5.73 Å². The Hall–Kier alpha value is -1.26. The Morgan fingerprint density at radius 1 is 1.18 bits per heavy atom. The summed E-state index contributed by atoms with van der Waals surface area (Å²) in [7, 11) is 0. The van der Waals surface area contributed by atoms with Gasteiger partial charge < -0.3 is 15.5 Å². The summed E-state index contributed by atoms with van der Waals surface area (Å²) in [6.45, 7) is 4.44. The van der Waals surface area contributed by atoms with Crippen molar-refractivity contribution in [1.29, 1.82) is 0 Å². The molecule has 2 fully saturated rings. The Balaban J connectivity index is 2.01. The molecule has 0 radical (unpaired) electrons. The number of carbonyl (C=O) groups is 2. The fraction of sp³-hybridized carbons (Fsp3) is 0.833. The van der Waals surface area contributed by atoms with Crippen LogP contribution in [-0.2, 0) is 4.79 Å². The van der Waals surface area contributed by atoms with Gasteiger partial charge in [-0.3, -0.25) is 4.79 Å². The van der Waals surface area contributed by atoms with Crippen LogP contribution in [0.15, 0.2) is 0 Å². The lowest BCUT2D eigenvalue weighted by Crippen LogP contribution is -2.51. The van der Waals surface area contributed by atoms with E-state index in [1.54, 1.807) is 4.90 Å². The van der Waals surface area contributed by atoms with Crippen LogP contribution in [0.1, 0.15) is 32.6 Å². The maximum atomic E-state index is 12.3. The molecular formula is C12H21N3O2. The van der Waals surface area contributed by atoms with Crippen molar-refractivity contribution in [3.8, 4) is 0 Å². The Morgan fingerprint density at radius 2 is 1.88 bits per heavy atom. The van der Waals surface area contributed by atoms with Crippen molar-refractivity contribution in [2.24, 2.45) is 11.7 Å². The summed E-state index contributed by atoms with van der Waals surface area (Å²) >= 11 is 0. The number of primary amides is 1. The van der Waals surface area contributed by atoms with Gasteiger partial charge in [0, 0.05) is 19.6 Å². The summed E-state index contributed by atoms with van der Waals surface area (Å²) in [5.74, 6) is 0.184. The average molecular weight is 239 g/mol. The van der Waals surface area contributed by atoms with Gasteiger partial charge in [0.15, 0.2) is 0 Å². The van der Waals surface area contributed by atoms with E-state index >= 15 is 0 Å². The monoisotopic (exact) mass is 239 g/mol. The molecule has 0 bridgehead atoms. The molecule has 2 rings (SSSR count). The van der Waals surface area contributed by atoms with Crippen LogP contribution in [0.3, 0.4) is 0 Å². The molecule has 2 aliphatic heterocycles. The van der Waals surface area contributed by atoms with E-state index in [2.05, 4.69) is 6.92 Å². The molecular weight excluding hydrogens is 218 g/mol. The molecule has 2 atom stereocenters. The van der Waals surface area contributed by atoms with Gasteiger partial charge in [-0.1, -0.05) is 6.92 Å². The van der Waals surface area contributed by atoms with Crippen LogP contribution in [0.4, 0.5) is 4.79 Å². The molecule has 2 unspecified atom stereocenters. The predicted molar refractivity (Wildman–Crippen MR) is 64.3 cm³/mol. The highest BCUT2D eigenvalue weighted by Gasteiger charge is 2.35. The normalized spacial score (nSPS) is 29.5. The van der Waals surface area contributed by atoms with Crippen molar-refractivity contribution in [2.75, 3.05) is 19.6 Å². The Kier molecular flexibility index (Phi) is 3.54. The molecule has 2 N–H and O–H groups in total. The molecule has 3 amide bonds. The summed E-state index contributed by atoms with van der Waals surface area (Å²) < 4.78 is 0. The third-order valence-electron chi connectivity index (χ3n) is 3.75. The van der Waals surface area contributed by atoms with Gasteiger partial charge >= 0.3 is 6.03 Å². The molecule has 0 aromatic rings. The zero-order valence-electron chi connectivity index (χ0n) is 10.4. The highest BCUT2D eigenvalue weighted by Crippen LogP contribution is 2.22. The molecule has 5 heteroatoms. The number of urea groups is 1. The van der Waals surface area contributed by atoms with Crippen molar-refractivity contribution in [1.82, 2.24) is 9.80 Å². The average Bonchev–Trinajstić information content (AvgIpc) is 2.77. The summed E-state index contributed by atoms with van der Waals surface area (Å²) in [5, 5.41) is 0. The van der Waals surface area contributed by atoms with Gasteiger partial charge in [-0.2, -0.15) is 0 Å². The molecule has 0 aliphatic carbocycles. The minimum absolute atomic E-state index is 0.00199. The third kappa shape index (κ3) is 2.53. The number of hydrogen-bond donors (Lipinski definition) is 1. The van der Waals surface area contributed by atoms with E-state index in [4.69, 9.17) is 5.73 Å². The van der Waals surface area contributed by atoms with E-state index in [1.165, 1.54) is 6.42 Å². The van der Waals surface area contributed by atoms with Crippen molar-refractivity contribution in [3.05, 3.63) is 0 Å². The van der Waals surface area contributed by atoms with Gasteiger partial charge in [-0.25, -0.2) is 4.79 Å². The highest BCUT2D eigenvalue weighted by atomic mass is 16.2. The molecule has 17 heavy (non-hydrogen) atoms. The number of rotatable bonds is 1. The summed E-state index contributed by atoms with van der Waals surface area (Å²) in [4.78, 5) is 27.1. The van der Waals surface area contributed by atoms with Gasteiger partial charge in [0.2, 0.25) is 5.91 Å². The van der Waals surface area contributed by atoms with Gasteiger partial charge in [0.25, 0.3) is 0 Å². The topological polar surface area (TPSA) is 66.6 Å². The molecule has 0 saturated carbocycles. The molecule has 5 nitrogen and oxygen atoms in total. The van der Waals surface area contributed by atoms with E-state index in [-0.39, 0.29) is 18.0 Å². The lowest BCUT2D eigenvalue weighted by molar-refractivity contribution is -0.121. The van der Waals surface area contributed by atoms with Crippen LogP contribution in [0, 0.1) is 5.92 Å². The first kappa shape index (κ1) is 12.2. The molecule has 0 aromatic heterocycles. The third-order valence-corrected chi connectivity index (χ3v) is 3.75. The number of nitrogens with zero attached hydrogens (tertiary/aromatic N) is 2. The smallest absolute Gasteiger partial charge is 0.320 e. The molecule has 96 valence electrons. The fourth-order valence-corrected chi connectivity index (χ4v) is 2.84. The summed E-state index contributed by atoms with van der Waals surface area (Å²) in [6, 6.07) is -0.391. The number of carbonyl (C=O) groups excluding carboxylic acids is 2. The quantitative estimate of drug-likeness (QED) is 0.735. The largest absolute Gasteiger partial charge is 0.368 e. The Bertz CT molecular complexity index is 319. The second-order valence-electron chi connectivity index (χ2n) is 5.23. The van der Waals surface area contributed by atoms with Crippen molar-refractivity contribution >= 4 is 11.9 Å². The second-order valence-corrected chi connectivity index (χ2v) is 5.23. The lowest BCUT2D eigenvalue weighted by Gasteiger charge is -2.35. The number of likely N-dealkylation sites (tertiary alicyclic amines) is 2. The van der Waals surface area contributed by atoms with Crippen LogP contribution in [0.5, 0.6) is 0 Å². The van der Waals surface area contributed by atoms with E-state index in [9.17, 15) is 9.59 Å². The molecule has 0 spiro atoms. The zero-order valence-corrected chi connectivity index (χ0v) is 10.4. The second kappa shape index (κ2) is 4.94. The maximum absolute atomic E-state index is 12.3. The molecule has 2 saturated heterocycles. The van der Waals surface area contributed by atoms with E-state index < -0.39 is 0 Å². The summed E-state index contributed by atoms with van der Waals surface area (Å²) in [5.41, 5.74) is 5.33. The number of piperidine rings is 1. The lowest BCUT2D eigenvalue weighted by atomic mass is 10.0. The van der Waals surface area contributed by atoms with Crippen molar-refractivity contribution in [2.45, 2.75) is 38.6 Å². The number of hydrogen-bond acceptors (Lipinski definition) is 2. The Morgan fingerprint density at radius 3 is 2.53 bits per heavy atom. The molecule has 0 aromatic carbocycles. The SMILES string of the molecule is CC1CCCN(C(=O)N2CCCC2C(N)=O)C1. The van der Waals surface area contributed by atoms with Gasteiger partial charge in [-0.15, -0.1) is 0 Å². The predicted octanol–water partition coefficient (Wildman–Crippen LogP) is 0.788. The van der Waals surface area contributed by atoms with Crippen LogP contribution in [-0.4, -0.2) is 47.4 Å². The minimum Gasteiger partial charge on any atom is -0.368 e. The Labute approximate surface area is 102 Å². The van der Waals surface area contributed by atoms with E-state index in [0.717, 1.165) is 25.9 Å². The number of amides is 3. The summed E-state index contributed by atoms with van der Waals surface area (Å²) in [6.07, 6.45) is 3.83. The van der Waals surface area contributed by atoms with Crippen LogP contribution in [0.25, 0.3) is 0 Å².